The third kappa shape index (κ3) is 3.32. The number of nitrogen functional groups attached to an aromatic ring is 1. The molecule has 0 saturated carbocycles. The fourth-order valence-electron chi connectivity index (χ4n) is 2.11. The molecular formula is C12H16Cl2N4OS. The third-order valence-electron chi connectivity index (χ3n) is 2.88. The van der Waals surface area contributed by atoms with E-state index in [1.165, 1.54) is 11.3 Å². The van der Waals surface area contributed by atoms with Crippen molar-refractivity contribution in [2.75, 3.05) is 18.9 Å². The number of anilines is 1. The Labute approximate surface area is 133 Å². The predicted octanol–water partition coefficient (Wildman–Crippen LogP) is 2.42. The first-order valence-corrected chi connectivity index (χ1v) is 6.62. The second-order valence-electron chi connectivity index (χ2n) is 4.25. The molecule has 2 heterocycles. The maximum Gasteiger partial charge on any atom is 0.203 e. The summed E-state index contributed by atoms with van der Waals surface area (Å²) in [4.78, 5) is 0. The first-order valence-electron chi connectivity index (χ1n) is 5.80. The maximum atomic E-state index is 5.76. The first kappa shape index (κ1) is 17.0. The lowest BCUT2D eigenvalue weighted by Gasteiger charge is -2.11. The summed E-state index contributed by atoms with van der Waals surface area (Å²) in [5.74, 6) is 0.987. The Hall–Kier alpha value is -1.08. The van der Waals surface area contributed by atoms with Gasteiger partial charge in [0.2, 0.25) is 5.13 Å². The van der Waals surface area contributed by atoms with Crippen LogP contribution in [0, 0.1) is 6.92 Å². The topological polar surface area (TPSA) is 73.1 Å². The van der Waals surface area contributed by atoms with Crippen molar-refractivity contribution in [2.24, 2.45) is 0 Å². The first-order chi connectivity index (χ1) is 8.74. The monoisotopic (exact) mass is 334 g/mol. The van der Waals surface area contributed by atoms with Crippen molar-refractivity contribution < 1.29 is 4.74 Å². The second-order valence-corrected chi connectivity index (χ2v) is 5.26. The van der Waals surface area contributed by atoms with E-state index < -0.39 is 0 Å². The predicted molar refractivity (Wildman–Crippen MR) is 86.2 cm³/mol. The Morgan fingerprint density at radius 3 is 2.80 bits per heavy atom. The lowest BCUT2D eigenvalue weighted by atomic mass is 10.0. The van der Waals surface area contributed by atoms with E-state index in [9.17, 15) is 0 Å². The summed E-state index contributed by atoms with van der Waals surface area (Å²) >= 11 is 1.40. The lowest BCUT2D eigenvalue weighted by Crippen LogP contribution is -2.16. The van der Waals surface area contributed by atoms with Gasteiger partial charge in [-0.3, -0.25) is 0 Å². The highest BCUT2D eigenvalue weighted by molar-refractivity contribution is 7.18. The highest BCUT2D eigenvalue weighted by Gasteiger charge is 2.15. The van der Waals surface area contributed by atoms with Crippen molar-refractivity contribution in [3.05, 3.63) is 23.3 Å². The van der Waals surface area contributed by atoms with Gasteiger partial charge >= 0.3 is 0 Å². The molecule has 0 saturated heterocycles. The van der Waals surface area contributed by atoms with Crippen molar-refractivity contribution in [3.8, 4) is 16.3 Å². The molecule has 0 bridgehead atoms. The van der Waals surface area contributed by atoms with Gasteiger partial charge in [0, 0.05) is 24.2 Å². The van der Waals surface area contributed by atoms with Crippen molar-refractivity contribution in [1.29, 1.82) is 0 Å². The summed E-state index contributed by atoms with van der Waals surface area (Å²) in [5, 5.41) is 12.6. The molecule has 0 amide bonds. The van der Waals surface area contributed by atoms with Gasteiger partial charge in [0.1, 0.15) is 17.4 Å². The largest absolute Gasteiger partial charge is 0.492 e. The summed E-state index contributed by atoms with van der Waals surface area (Å²) in [5.41, 5.74) is 8.96. The average molecular weight is 335 g/mol. The fourth-order valence-corrected chi connectivity index (χ4v) is 2.70. The smallest absolute Gasteiger partial charge is 0.203 e. The molecule has 0 unspecified atom stereocenters. The number of fused-ring (bicyclic) bond motifs is 1. The van der Waals surface area contributed by atoms with Gasteiger partial charge in [-0.25, -0.2) is 0 Å². The van der Waals surface area contributed by atoms with Gasteiger partial charge in [0.25, 0.3) is 0 Å². The lowest BCUT2D eigenvalue weighted by molar-refractivity contribution is 0.323. The Morgan fingerprint density at radius 1 is 1.30 bits per heavy atom. The number of hydrogen-bond donors (Lipinski definition) is 2. The number of nitrogens with one attached hydrogen (secondary N) is 1. The number of rotatable bonds is 1. The second kappa shape index (κ2) is 7.08. The van der Waals surface area contributed by atoms with E-state index >= 15 is 0 Å². The van der Waals surface area contributed by atoms with Crippen molar-refractivity contribution in [2.45, 2.75) is 13.5 Å². The molecule has 0 spiro atoms. The number of aromatic nitrogens is 2. The van der Waals surface area contributed by atoms with Gasteiger partial charge in [-0.05, 0) is 24.6 Å². The van der Waals surface area contributed by atoms with E-state index in [1.54, 1.807) is 0 Å². The minimum atomic E-state index is 0. The molecule has 2 aromatic rings. The standard InChI is InChI=1S/C12H14N4OS.2ClH/c1-7-4-8(11-15-16-12(13)18-11)5-9-6-14-2-3-17-10(7)9;;/h4-5,14H,2-3,6H2,1H3,(H2,13,16);2*1H. The van der Waals surface area contributed by atoms with Crippen LogP contribution in [0.15, 0.2) is 12.1 Å². The van der Waals surface area contributed by atoms with Crippen LogP contribution in [0.2, 0.25) is 0 Å². The summed E-state index contributed by atoms with van der Waals surface area (Å²) in [7, 11) is 0. The van der Waals surface area contributed by atoms with Crippen LogP contribution in [-0.4, -0.2) is 23.3 Å². The van der Waals surface area contributed by atoms with Crippen LogP contribution >= 0.6 is 36.2 Å². The van der Waals surface area contributed by atoms with E-state index in [1.807, 2.05) is 0 Å². The molecular weight excluding hydrogens is 319 g/mol. The highest BCUT2D eigenvalue weighted by Crippen LogP contribution is 2.33. The molecule has 1 aliphatic heterocycles. The van der Waals surface area contributed by atoms with Crippen LogP contribution in [0.3, 0.4) is 0 Å². The molecule has 110 valence electrons. The van der Waals surface area contributed by atoms with E-state index in [-0.39, 0.29) is 24.8 Å². The SMILES string of the molecule is Cc1cc(-c2nnc(N)s2)cc2c1OCCNC2.Cl.Cl. The van der Waals surface area contributed by atoms with E-state index in [4.69, 9.17) is 10.5 Å². The molecule has 1 aromatic carbocycles. The maximum absolute atomic E-state index is 5.76. The molecule has 0 atom stereocenters. The van der Waals surface area contributed by atoms with Gasteiger partial charge in [0.05, 0.1) is 0 Å². The molecule has 1 aromatic heterocycles. The summed E-state index contributed by atoms with van der Waals surface area (Å²) in [6.45, 7) is 4.45. The number of aryl methyl sites for hydroxylation is 1. The number of hydrogen-bond acceptors (Lipinski definition) is 6. The van der Waals surface area contributed by atoms with Gasteiger partial charge in [-0.2, -0.15) is 0 Å². The van der Waals surface area contributed by atoms with Crippen LogP contribution in [0.1, 0.15) is 11.1 Å². The van der Waals surface area contributed by atoms with Gasteiger partial charge in [-0.1, -0.05) is 11.3 Å². The molecule has 0 aliphatic carbocycles. The van der Waals surface area contributed by atoms with Gasteiger partial charge in [0.15, 0.2) is 0 Å². The number of ether oxygens (including phenoxy) is 1. The van der Waals surface area contributed by atoms with Gasteiger partial charge < -0.3 is 15.8 Å². The third-order valence-corrected chi connectivity index (χ3v) is 3.68. The number of nitrogens with two attached hydrogens (primary N) is 1. The highest BCUT2D eigenvalue weighted by atomic mass is 35.5. The van der Waals surface area contributed by atoms with E-state index in [2.05, 4.69) is 34.6 Å². The Kier molecular flexibility index (Phi) is 6.01. The molecule has 0 fully saturated rings. The van der Waals surface area contributed by atoms with Crippen LogP contribution in [0.5, 0.6) is 5.75 Å². The van der Waals surface area contributed by atoms with Crippen LogP contribution in [0.4, 0.5) is 5.13 Å². The summed E-state index contributed by atoms with van der Waals surface area (Å²) < 4.78 is 5.76. The van der Waals surface area contributed by atoms with Crippen LogP contribution < -0.4 is 15.8 Å². The van der Waals surface area contributed by atoms with Crippen molar-refractivity contribution >= 4 is 41.3 Å². The number of nitrogens with zero attached hydrogens (tertiary/aromatic N) is 2. The van der Waals surface area contributed by atoms with Crippen LogP contribution in [-0.2, 0) is 6.54 Å². The molecule has 3 N–H and O–H groups in total. The number of halogens is 2. The number of benzene rings is 1. The average Bonchev–Trinajstić information content (AvgIpc) is 2.63. The quantitative estimate of drug-likeness (QED) is 0.837. The molecule has 5 nitrogen and oxygen atoms in total. The zero-order chi connectivity index (χ0) is 12.5. The molecule has 1 aliphatic rings. The van der Waals surface area contributed by atoms with Gasteiger partial charge in [-0.15, -0.1) is 35.0 Å². The molecule has 8 heteroatoms. The fraction of sp³-hybridized carbons (Fsp3) is 0.333. The zero-order valence-electron chi connectivity index (χ0n) is 10.9. The van der Waals surface area contributed by atoms with Crippen molar-refractivity contribution in [1.82, 2.24) is 15.5 Å². The van der Waals surface area contributed by atoms with E-state index in [0.717, 1.165) is 40.5 Å². The molecule has 0 radical (unpaired) electrons. The normalized spacial score (nSPS) is 13.2. The Bertz CT molecular complexity index is 591. The zero-order valence-corrected chi connectivity index (χ0v) is 13.3. The Balaban J connectivity index is 0.000001000. The van der Waals surface area contributed by atoms with Crippen molar-refractivity contribution in [3.63, 3.8) is 0 Å². The Morgan fingerprint density at radius 2 is 2.10 bits per heavy atom. The summed E-state index contributed by atoms with van der Waals surface area (Å²) in [6.07, 6.45) is 0. The van der Waals surface area contributed by atoms with Crippen LogP contribution in [0.25, 0.3) is 10.6 Å². The molecule has 20 heavy (non-hydrogen) atoms. The van der Waals surface area contributed by atoms with E-state index in [0.29, 0.717) is 11.7 Å². The minimum absolute atomic E-state index is 0. The minimum Gasteiger partial charge on any atom is -0.492 e. The summed E-state index contributed by atoms with van der Waals surface area (Å²) in [6, 6.07) is 4.17. The molecule has 3 rings (SSSR count).